The largest absolute Gasteiger partial charge is 0.326 e. The highest BCUT2D eigenvalue weighted by Gasteiger charge is 2.15. The third kappa shape index (κ3) is 5.70. The van der Waals surface area contributed by atoms with E-state index in [0.717, 1.165) is 16.7 Å². The maximum Gasteiger partial charge on any atom is 0.261 e. The Labute approximate surface area is 178 Å². The smallest absolute Gasteiger partial charge is 0.261 e. The van der Waals surface area contributed by atoms with E-state index in [2.05, 4.69) is 10.0 Å². The molecule has 30 heavy (non-hydrogen) atoms. The van der Waals surface area contributed by atoms with Crippen molar-refractivity contribution in [1.82, 2.24) is 0 Å². The quantitative estimate of drug-likeness (QED) is 0.564. The molecule has 2 N–H and O–H groups in total. The molecule has 0 atom stereocenters. The molecular weight excluding hydrogens is 396 g/mol. The van der Waals surface area contributed by atoms with Crippen molar-refractivity contribution in [3.63, 3.8) is 0 Å². The van der Waals surface area contributed by atoms with E-state index >= 15 is 0 Å². The Morgan fingerprint density at radius 3 is 2.10 bits per heavy atom. The standard InChI is InChI=1S/C24H26N2O3S/c1-17-4-7-20(8-5-17)9-15-24(27)25-21-10-12-22(13-11-21)30(28,29)26-23-14-6-18(2)16-19(23)3/h4-8,10-14,16,26H,9,15H2,1-3H3,(H,25,27). The van der Waals surface area contributed by atoms with E-state index in [1.165, 1.54) is 17.7 Å². The molecular formula is C24H26N2O3S. The second-order valence-corrected chi connectivity index (χ2v) is 9.16. The van der Waals surface area contributed by atoms with Crippen LogP contribution in [0.25, 0.3) is 0 Å². The number of amides is 1. The van der Waals surface area contributed by atoms with Gasteiger partial charge < -0.3 is 5.32 Å². The molecule has 0 aliphatic carbocycles. The Bertz CT molecular complexity index is 1140. The SMILES string of the molecule is Cc1ccc(CCC(=O)Nc2ccc(S(=O)(=O)Nc3ccc(C)cc3C)cc2)cc1. The van der Waals surface area contributed by atoms with E-state index < -0.39 is 10.0 Å². The van der Waals surface area contributed by atoms with Crippen LogP contribution in [0, 0.1) is 20.8 Å². The summed E-state index contributed by atoms with van der Waals surface area (Å²) in [6.45, 7) is 5.84. The van der Waals surface area contributed by atoms with Gasteiger partial charge in [0.2, 0.25) is 5.91 Å². The number of nitrogens with one attached hydrogen (secondary N) is 2. The third-order valence-electron chi connectivity index (χ3n) is 4.84. The maximum atomic E-state index is 12.7. The van der Waals surface area contributed by atoms with E-state index in [9.17, 15) is 13.2 Å². The Kier molecular flexibility index (Phi) is 6.57. The lowest BCUT2D eigenvalue weighted by Crippen LogP contribution is -2.15. The molecule has 0 unspecified atom stereocenters. The topological polar surface area (TPSA) is 75.3 Å². The van der Waals surface area contributed by atoms with E-state index in [1.807, 2.05) is 57.2 Å². The van der Waals surface area contributed by atoms with Crippen molar-refractivity contribution in [2.75, 3.05) is 10.0 Å². The van der Waals surface area contributed by atoms with Gasteiger partial charge in [-0.1, -0.05) is 47.5 Å². The van der Waals surface area contributed by atoms with E-state index in [0.29, 0.717) is 24.2 Å². The van der Waals surface area contributed by atoms with Crippen molar-refractivity contribution in [2.45, 2.75) is 38.5 Å². The fourth-order valence-corrected chi connectivity index (χ4v) is 4.22. The van der Waals surface area contributed by atoms with Crippen molar-refractivity contribution in [3.05, 3.63) is 89.0 Å². The van der Waals surface area contributed by atoms with Crippen molar-refractivity contribution >= 4 is 27.3 Å². The first-order chi connectivity index (χ1) is 14.2. The number of hydrogen-bond donors (Lipinski definition) is 2. The molecule has 156 valence electrons. The van der Waals surface area contributed by atoms with Gasteiger partial charge in [0, 0.05) is 12.1 Å². The Morgan fingerprint density at radius 2 is 1.47 bits per heavy atom. The number of aryl methyl sites for hydroxylation is 4. The molecule has 0 saturated heterocycles. The minimum absolute atomic E-state index is 0.111. The first-order valence-corrected chi connectivity index (χ1v) is 11.3. The first-order valence-electron chi connectivity index (χ1n) is 9.78. The van der Waals surface area contributed by atoms with E-state index in [-0.39, 0.29) is 10.8 Å². The molecule has 0 fully saturated rings. The lowest BCUT2D eigenvalue weighted by Gasteiger charge is -2.12. The van der Waals surface area contributed by atoms with Gasteiger partial charge in [-0.3, -0.25) is 9.52 Å². The Balaban J connectivity index is 1.60. The summed E-state index contributed by atoms with van der Waals surface area (Å²) in [4.78, 5) is 12.3. The van der Waals surface area contributed by atoms with E-state index in [4.69, 9.17) is 0 Å². The van der Waals surface area contributed by atoms with Gasteiger partial charge in [0.1, 0.15) is 0 Å². The van der Waals surface area contributed by atoms with Crippen LogP contribution in [-0.4, -0.2) is 14.3 Å². The number of rotatable bonds is 7. The average Bonchev–Trinajstić information content (AvgIpc) is 2.70. The lowest BCUT2D eigenvalue weighted by atomic mass is 10.1. The van der Waals surface area contributed by atoms with Gasteiger partial charge >= 0.3 is 0 Å². The van der Waals surface area contributed by atoms with Gasteiger partial charge in [-0.15, -0.1) is 0 Å². The summed E-state index contributed by atoms with van der Waals surface area (Å²) in [6.07, 6.45) is 1.01. The van der Waals surface area contributed by atoms with Crippen LogP contribution >= 0.6 is 0 Å². The molecule has 0 bridgehead atoms. The molecule has 3 rings (SSSR count). The molecule has 0 aliphatic rings. The summed E-state index contributed by atoms with van der Waals surface area (Å²) >= 11 is 0. The molecule has 3 aromatic rings. The molecule has 0 aromatic heterocycles. The summed E-state index contributed by atoms with van der Waals surface area (Å²) < 4.78 is 27.9. The molecule has 0 aliphatic heterocycles. The zero-order chi connectivity index (χ0) is 21.7. The van der Waals surface area contributed by atoms with Crippen LogP contribution in [0.1, 0.15) is 28.7 Å². The number of carbonyl (C=O) groups excluding carboxylic acids is 1. The highest BCUT2D eigenvalue weighted by molar-refractivity contribution is 7.92. The average molecular weight is 423 g/mol. The fourth-order valence-electron chi connectivity index (χ4n) is 3.09. The number of hydrogen-bond acceptors (Lipinski definition) is 3. The minimum atomic E-state index is -3.71. The highest BCUT2D eigenvalue weighted by atomic mass is 32.2. The first kappa shape index (κ1) is 21.6. The van der Waals surface area contributed by atoms with Gasteiger partial charge in [0.05, 0.1) is 10.6 Å². The van der Waals surface area contributed by atoms with Crippen LogP contribution in [-0.2, 0) is 21.2 Å². The lowest BCUT2D eigenvalue weighted by molar-refractivity contribution is -0.116. The second kappa shape index (κ2) is 9.13. The van der Waals surface area contributed by atoms with Crippen molar-refractivity contribution < 1.29 is 13.2 Å². The van der Waals surface area contributed by atoms with Crippen LogP contribution in [0.3, 0.4) is 0 Å². The van der Waals surface area contributed by atoms with E-state index in [1.54, 1.807) is 18.2 Å². The highest BCUT2D eigenvalue weighted by Crippen LogP contribution is 2.22. The molecule has 3 aromatic carbocycles. The zero-order valence-electron chi connectivity index (χ0n) is 17.4. The van der Waals surface area contributed by atoms with Crippen LogP contribution in [0.4, 0.5) is 11.4 Å². The van der Waals surface area contributed by atoms with Crippen LogP contribution in [0.15, 0.2) is 71.6 Å². The summed E-state index contributed by atoms with van der Waals surface area (Å²) in [6, 6.07) is 19.8. The second-order valence-electron chi connectivity index (χ2n) is 7.48. The van der Waals surface area contributed by atoms with Gasteiger partial charge in [0.25, 0.3) is 10.0 Å². The molecule has 1 amide bonds. The van der Waals surface area contributed by atoms with Gasteiger partial charge in [-0.2, -0.15) is 0 Å². The molecule has 0 radical (unpaired) electrons. The summed E-state index contributed by atoms with van der Waals surface area (Å²) in [5.41, 5.74) is 5.33. The molecule has 0 heterocycles. The minimum Gasteiger partial charge on any atom is -0.326 e. The Morgan fingerprint density at radius 1 is 0.833 bits per heavy atom. The molecule has 0 saturated carbocycles. The normalized spacial score (nSPS) is 11.2. The number of carbonyl (C=O) groups is 1. The van der Waals surface area contributed by atoms with Crippen molar-refractivity contribution in [1.29, 1.82) is 0 Å². The molecule has 0 spiro atoms. The monoisotopic (exact) mass is 422 g/mol. The van der Waals surface area contributed by atoms with Crippen molar-refractivity contribution in [3.8, 4) is 0 Å². The van der Waals surface area contributed by atoms with Gasteiger partial charge in [-0.05, 0) is 68.7 Å². The van der Waals surface area contributed by atoms with Crippen LogP contribution in [0.5, 0.6) is 0 Å². The number of benzene rings is 3. The molecule has 6 heteroatoms. The van der Waals surface area contributed by atoms with Gasteiger partial charge in [-0.25, -0.2) is 8.42 Å². The van der Waals surface area contributed by atoms with Crippen LogP contribution < -0.4 is 10.0 Å². The number of sulfonamides is 1. The van der Waals surface area contributed by atoms with Gasteiger partial charge in [0.15, 0.2) is 0 Å². The summed E-state index contributed by atoms with van der Waals surface area (Å²) in [5.74, 6) is -0.111. The summed E-state index contributed by atoms with van der Waals surface area (Å²) in [5, 5.41) is 2.81. The number of anilines is 2. The third-order valence-corrected chi connectivity index (χ3v) is 6.22. The maximum absolute atomic E-state index is 12.7. The fraction of sp³-hybridized carbons (Fsp3) is 0.208. The predicted molar refractivity (Wildman–Crippen MR) is 121 cm³/mol. The van der Waals surface area contributed by atoms with Crippen LogP contribution in [0.2, 0.25) is 0 Å². The zero-order valence-corrected chi connectivity index (χ0v) is 18.2. The predicted octanol–water partition coefficient (Wildman–Crippen LogP) is 4.98. The summed E-state index contributed by atoms with van der Waals surface area (Å²) in [7, 11) is -3.71. The Hall–Kier alpha value is -3.12. The molecule has 5 nitrogen and oxygen atoms in total. The van der Waals surface area contributed by atoms with Crippen molar-refractivity contribution in [2.24, 2.45) is 0 Å².